The molecule has 1 aromatic carbocycles. The Hall–Kier alpha value is -2.76. The van der Waals surface area contributed by atoms with Crippen molar-refractivity contribution in [1.82, 2.24) is 0 Å². The van der Waals surface area contributed by atoms with Crippen molar-refractivity contribution in [2.24, 2.45) is 10.9 Å². The molecule has 0 fully saturated rings. The number of rotatable bonds is 10. The van der Waals surface area contributed by atoms with Crippen LogP contribution < -0.4 is 5.32 Å². The maximum absolute atomic E-state index is 12.5. The summed E-state index contributed by atoms with van der Waals surface area (Å²) in [6, 6.07) is 4.62. The number of nitrogens with one attached hydrogen (secondary N) is 1. The molecule has 1 aromatic rings. The molecular weight excluding hydrogens is 311 g/mol. The van der Waals surface area contributed by atoms with E-state index in [9.17, 15) is 14.0 Å². The maximum atomic E-state index is 12.5. The van der Waals surface area contributed by atoms with Gasteiger partial charge in [0.15, 0.2) is 0 Å². The van der Waals surface area contributed by atoms with Gasteiger partial charge in [0.1, 0.15) is 0 Å². The molecule has 6 heteroatoms. The number of amides is 1. The fourth-order valence-corrected chi connectivity index (χ4v) is 2.06. The number of ether oxygens (including phenoxy) is 1. The van der Waals surface area contributed by atoms with Gasteiger partial charge in [-0.1, -0.05) is 6.08 Å². The van der Waals surface area contributed by atoms with Crippen molar-refractivity contribution in [3.8, 4) is 0 Å². The van der Waals surface area contributed by atoms with E-state index >= 15 is 0 Å². The Morgan fingerprint density at radius 1 is 1.50 bits per heavy atom. The minimum absolute atomic E-state index is 0.167. The van der Waals surface area contributed by atoms with E-state index in [-0.39, 0.29) is 5.92 Å². The Morgan fingerprint density at radius 2 is 2.29 bits per heavy atom. The van der Waals surface area contributed by atoms with E-state index in [1.807, 2.05) is 6.08 Å². The number of carbonyl (C=O) groups excluding carboxylic acids is 2. The first-order chi connectivity index (χ1) is 11.7. The van der Waals surface area contributed by atoms with Crippen LogP contribution in [0.1, 0.15) is 29.6 Å². The summed E-state index contributed by atoms with van der Waals surface area (Å²) in [4.78, 5) is 26.6. The average Bonchev–Trinajstić information content (AvgIpc) is 2.60. The Bertz CT molecular complexity index is 627. The SMILES string of the molecule is C=CCCCC(C=Nc1ccc(C(=O)OC)cc1NC=O)/C=C/F. The number of esters is 1. The summed E-state index contributed by atoms with van der Waals surface area (Å²) in [6.45, 7) is 3.65. The van der Waals surface area contributed by atoms with Gasteiger partial charge in [0.05, 0.1) is 30.4 Å². The quantitative estimate of drug-likeness (QED) is 0.229. The van der Waals surface area contributed by atoms with E-state index in [2.05, 4.69) is 21.6 Å². The van der Waals surface area contributed by atoms with Gasteiger partial charge in [-0.2, -0.15) is 0 Å². The lowest BCUT2D eigenvalue weighted by Crippen LogP contribution is -2.03. The van der Waals surface area contributed by atoms with E-state index in [1.54, 1.807) is 18.3 Å². The van der Waals surface area contributed by atoms with Gasteiger partial charge < -0.3 is 10.1 Å². The molecule has 0 spiro atoms. The summed E-state index contributed by atoms with van der Waals surface area (Å²) < 4.78 is 17.1. The van der Waals surface area contributed by atoms with Crippen molar-refractivity contribution in [2.75, 3.05) is 12.4 Å². The first-order valence-electron chi connectivity index (χ1n) is 7.50. The average molecular weight is 332 g/mol. The van der Waals surface area contributed by atoms with Crippen LogP contribution in [0.25, 0.3) is 0 Å². The normalized spacial score (nSPS) is 12.2. The third-order valence-electron chi connectivity index (χ3n) is 3.30. The maximum Gasteiger partial charge on any atom is 0.337 e. The second-order valence-electron chi connectivity index (χ2n) is 4.97. The molecule has 1 unspecified atom stereocenters. The molecule has 0 aliphatic carbocycles. The number of hydrogen-bond donors (Lipinski definition) is 1. The van der Waals surface area contributed by atoms with Gasteiger partial charge in [-0.05, 0) is 43.5 Å². The molecule has 128 valence electrons. The number of methoxy groups -OCH3 is 1. The number of benzene rings is 1. The molecule has 1 atom stereocenters. The molecule has 0 aromatic heterocycles. The first-order valence-corrected chi connectivity index (χ1v) is 7.50. The van der Waals surface area contributed by atoms with Crippen molar-refractivity contribution in [2.45, 2.75) is 19.3 Å². The van der Waals surface area contributed by atoms with Gasteiger partial charge in [-0.25, -0.2) is 9.18 Å². The summed E-state index contributed by atoms with van der Waals surface area (Å²) in [7, 11) is 1.28. The molecule has 1 rings (SSSR count). The molecule has 24 heavy (non-hydrogen) atoms. The van der Waals surface area contributed by atoms with E-state index < -0.39 is 5.97 Å². The van der Waals surface area contributed by atoms with Crippen molar-refractivity contribution < 1.29 is 18.7 Å². The predicted octanol–water partition coefficient (Wildman–Crippen LogP) is 4.20. The minimum atomic E-state index is -0.512. The lowest BCUT2D eigenvalue weighted by molar-refractivity contribution is -0.105. The number of unbranched alkanes of at least 4 members (excludes halogenated alkanes) is 1. The lowest BCUT2D eigenvalue weighted by Gasteiger charge is -2.08. The molecular formula is C18H21FN2O3. The first kappa shape index (κ1) is 19.3. The monoisotopic (exact) mass is 332 g/mol. The molecule has 5 nitrogen and oxygen atoms in total. The summed E-state index contributed by atoms with van der Waals surface area (Å²) in [6.07, 6.45) is 8.28. The summed E-state index contributed by atoms with van der Waals surface area (Å²) in [5.41, 5.74) is 1.14. The largest absolute Gasteiger partial charge is 0.465 e. The fourth-order valence-electron chi connectivity index (χ4n) is 2.06. The van der Waals surface area contributed by atoms with Crippen LogP contribution in [0.2, 0.25) is 0 Å². The standard InChI is InChI=1S/C18H21FN2O3/c1-3-4-5-6-14(9-10-19)12-20-16-8-7-15(18(23)24-2)11-17(16)21-13-22/h3,7-14H,1,4-6H2,2H3,(H,21,22)/b10-9+,20-12?. The second kappa shape index (κ2) is 10.9. The second-order valence-corrected chi connectivity index (χ2v) is 4.97. The number of nitrogens with zero attached hydrogens (tertiary/aromatic N) is 1. The number of halogens is 1. The van der Waals surface area contributed by atoms with Crippen LogP contribution in [0.5, 0.6) is 0 Å². The van der Waals surface area contributed by atoms with Crippen LogP contribution in [0.15, 0.2) is 48.3 Å². The molecule has 0 saturated heterocycles. The summed E-state index contributed by atoms with van der Waals surface area (Å²) >= 11 is 0. The van der Waals surface area contributed by atoms with Gasteiger partial charge in [0.25, 0.3) is 0 Å². The third-order valence-corrected chi connectivity index (χ3v) is 3.30. The van der Waals surface area contributed by atoms with Gasteiger partial charge in [0, 0.05) is 12.1 Å². The molecule has 1 amide bonds. The van der Waals surface area contributed by atoms with Crippen LogP contribution >= 0.6 is 0 Å². The topological polar surface area (TPSA) is 67.8 Å². The highest BCUT2D eigenvalue weighted by molar-refractivity contribution is 5.93. The summed E-state index contributed by atoms with van der Waals surface area (Å²) in [5, 5.41) is 2.50. The zero-order valence-electron chi connectivity index (χ0n) is 13.6. The van der Waals surface area contributed by atoms with Crippen molar-refractivity contribution >= 4 is 30.0 Å². The number of carbonyl (C=O) groups is 2. The number of allylic oxidation sites excluding steroid dienone is 2. The Kier molecular flexibility index (Phi) is 8.74. The van der Waals surface area contributed by atoms with Gasteiger partial charge in [0.2, 0.25) is 6.41 Å². The van der Waals surface area contributed by atoms with Gasteiger partial charge in [-0.3, -0.25) is 9.79 Å². The zero-order chi connectivity index (χ0) is 17.8. The van der Waals surface area contributed by atoms with Gasteiger partial charge >= 0.3 is 5.97 Å². The molecule has 0 aliphatic heterocycles. The lowest BCUT2D eigenvalue weighted by atomic mass is 10.0. The molecule has 0 radical (unpaired) electrons. The van der Waals surface area contributed by atoms with E-state index in [0.29, 0.717) is 29.7 Å². The van der Waals surface area contributed by atoms with E-state index in [4.69, 9.17) is 0 Å². The highest BCUT2D eigenvalue weighted by Crippen LogP contribution is 2.26. The van der Waals surface area contributed by atoms with Crippen LogP contribution in [0.4, 0.5) is 15.8 Å². The van der Waals surface area contributed by atoms with Gasteiger partial charge in [-0.15, -0.1) is 6.58 Å². The van der Waals surface area contributed by atoms with Crippen LogP contribution in [-0.2, 0) is 9.53 Å². The van der Waals surface area contributed by atoms with E-state index in [1.165, 1.54) is 19.3 Å². The molecule has 0 heterocycles. The molecule has 0 bridgehead atoms. The van der Waals surface area contributed by atoms with Crippen molar-refractivity contribution in [3.63, 3.8) is 0 Å². The molecule has 0 aliphatic rings. The number of anilines is 1. The van der Waals surface area contributed by atoms with Crippen LogP contribution in [0, 0.1) is 5.92 Å². The zero-order valence-corrected chi connectivity index (χ0v) is 13.6. The fraction of sp³-hybridized carbons (Fsp3) is 0.278. The van der Waals surface area contributed by atoms with Crippen LogP contribution in [-0.4, -0.2) is 25.7 Å². The third kappa shape index (κ3) is 6.16. The predicted molar refractivity (Wildman–Crippen MR) is 93.4 cm³/mol. The minimum Gasteiger partial charge on any atom is -0.465 e. The number of hydrogen-bond acceptors (Lipinski definition) is 4. The summed E-state index contributed by atoms with van der Waals surface area (Å²) in [5.74, 6) is -0.679. The van der Waals surface area contributed by atoms with E-state index in [0.717, 1.165) is 19.3 Å². The Balaban J connectivity index is 2.98. The van der Waals surface area contributed by atoms with Crippen LogP contribution in [0.3, 0.4) is 0 Å². The highest BCUT2D eigenvalue weighted by atomic mass is 19.1. The number of aliphatic imine (C=N–C) groups is 1. The Morgan fingerprint density at radius 3 is 2.92 bits per heavy atom. The Labute approximate surface area is 140 Å². The molecule has 0 saturated carbocycles. The van der Waals surface area contributed by atoms with Crippen molar-refractivity contribution in [1.29, 1.82) is 0 Å². The van der Waals surface area contributed by atoms with Crippen molar-refractivity contribution in [3.05, 3.63) is 48.8 Å². The smallest absolute Gasteiger partial charge is 0.337 e. The highest BCUT2D eigenvalue weighted by Gasteiger charge is 2.09. The molecule has 1 N–H and O–H groups in total.